The van der Waals surface area contributed by atoms with E-state index in [1.807, 2.05) is 4.72 Å². The number of sulfonamides is 1. The number of carbonyl (C=O) groups is 3. The molecule has 1 atom stereocenters. The summed E-state index contributed by atoms with van der Waals surface area (Å²) in [6, 6.07) is 10.9. The summed E-state index contributed by atoms with van der Waals surface area (Å²) in [5.41, 5.74) is -1.26. The quantitative estimate of drug-likeness (QED) is 0.210. The Morgan fingerprint density at radius 1 is 0.926 bits per heavy atom. The third-order valence-corrected chi connectivity index (χ3v) is 10.0. The molecule has 0 unspecified atom stereocenters. The second-order valence-electron chi connectivity index (χ2n) is 14.1. The number of esters is 1. The summed E-state index contributed by atoms with van der Waals surface area (Å²) in [5, 5.41) is 2.37. The van der Waals surface area contributed by atoms with Crippen LogP contribution in [0.15, 0.2) is 75.1 Å². The van der Waals surface area contributed by atoms with Crippen LogP contribution >= 0.6 is 0 Å². The zero-order valence-corrected chi connectivity index (χ0v) is 32.2. The largest absolute Gasteiger partial charge is 0.461 e. The number of nitrogens with zero attached hydrogens (tertiary/aromatic N) is 3. The fraction of sp³-hybridized carbons (Fsp3) is 0.342. The molecule has 2 N–H and O–H groups in total. The predicted molar refractivity (Wildman–Crippen MR) is 199 cm³/mol. The average molecular weight is 768 g/mol. The van der Waals surface area contributed by atoms with Gasteiger partial charge in [0.2, 0.25) is 5.91 Å². The molecule has 54 heavy (non-hydrogen) atoms. The van der Waals surface area contributed by atoms with E-state index in [-0.39, 0.29) is 22.9 Å². The van der Waals surface area contributed by atoms with Gasteiger partial charge in [0.15, 0.2) is 0 Å². The third-order valence-electron chi connectivity index (χ3n) is 8.65. The second kappa shape index (κ2) is 15.8. The van der Waals surface area contributed by atoms with Crippen molar-refractivity contribution in [3.05, 3.63) is 116 Å². The Labute approximate surface area is 311 Å². The van der Waals surface area contributed by atoms with Crippen LogP contribution in [0.2, 0.25) is 0 Å². The van der Waals surface area contributed by atoms with Gasteiger partial charge in [-0.2, -0.15) is 0 Å². The molecule has 13 nitrogen and oxygen atoms in total. The van der Waals surface area contributed by atoms with Crippen LogP contribution in [0.1, 0.15) is 61.8 Å². The predicted octanol–water partition coefficient (Wildman–Crippen LogP) is 4.53. The summed E-state index contributed by atoms with van der Waals surface area (Å²) < 4.78 is 66.4. The lowest BCUT2D eigenvalue weighted by atomic mass is 9.95. The Morgan fingerprint density at radius 3 is 2.07 bits per heavy atom. The van der Waals surface area contributed by atoms with Crippen molar-refractivity contribution in [2.45, 2.75) is 71.9 Å². The maximum Gasteiger partial charge on any atom is 0.335 e. The number of benzene rings is 3. The molecule has 0 saturated heterocycles. The summed E-state index contributed by atoms with van der Waals surface area (Å²) in [5.74, 6) is -4.83. The number of nitrogens with one attached hydrogen (secondary N) is 2. The van der Waals surface area contributed by atoms with Crippen molar-refractivity contribution in [2.24, 2.45) is 12.5 Å². The molecule has 4 rings (SSSR count). The zero-order chi connectivity index (χ0) is 40.4. The number of carbonyl (C=O) groups excluding carboxylic acids is 3. The van der Waals surface area contributed by atoms with E-state index in [0.29, 0.717) is 34.6 Å². The first-order valence-electron chi connectivity index (χ1n) is 16.8. The highest BCUT2D eigenvalue weighted by Gasteiger charge is 2.29. The van der Waals surface area contributed by atoms with Gasteiger partial charge in [-0.05, 0) is 75.7 Å². The topological polar surface area (TPSA) is 166 Å². The highest BCUT2D eigenvalue weighted by molar-refractivity contribution is 7.92. The van der Waals surface area contributed by atoms with Crippen LogP contribution < -0.4 is 26.2 Å². The Balaban J connectivity index is 1.55. The molecule has 4 aromatic rings. The Bertz CT molecular complexity index is 2290. The number of hydrogen-bond donors (Lipinski definition) is 2. The van der Waals surface area contributed by atoms with Crippen molar-refractivity contribution in [1.29, 1.82) is 0 Å². The molecule has 0 spiro atoms. The van der Waals surface area contributed by atoms with Crippen LogP contribution in [0.3, 0.4) is 0 Å². The van der Waals surface area contributed by atoms with Gasteiger partial charge in [0.1, 0.15) is 17.7 Å². The molecule has 0 saturated carbocycles. The van der Waals surface area contributed by atoms with E-state index >= 15 is 8.78 Å². The summed E-state index contributed by atoms with van der Waals surface area (Å²) in [7, 11) is -1.36. The SMILES string of the molecule is Cc1c(C)n(C)c(=O)n(-c2ccc(C[C@H](NC(=O)c3cc(F)c(NS(=O)(=O)c4ccc(N(C)C(=O)C(C)(C)C)cc4)cc3F)C(=O)OC(C)C)cc2)c1=O. The minimum absolute atomic E-state index is 0.168. The smallest absolute Gasteiger partial charge is 0.335 e. The first kappa shape index (κ1) is 41.1. The Kier molecular flexibility index (Phi) is 12.0. The molecule has 1 heterocycles. The number of ether oxygens (including phenoxy) is 1. The molecular formula is C38H43F2N5O8S. The number of rotatable bonds is 11. The van der Waals surface area contributed by atoms with Crippen molar-refractivity contribution < 1.29 is 36.3 Å². The molecule has 0 radical (unpaired) electrons. The average Bonchev–Trinajstić information content (AvgIpc) is 3.10. The van der Waals surface area contributed by atoms with Gasteiger partial charge in [0.05, 0.1) is 27.9 Å². The molecule has 16 heteroatoms. The van der Waals surface area contributed by atoms with E-state index in [1.165, 1.54) is 58.0 Å². The molecule has 1 aromatic heterocycles. The highest BCUT2D eigenvalue weighted by Crippen LogP contribution is 2.26. The molecule has 0 aliphatic heterocycles. The lowest BCUT2D eigenvalue weighted by molar-refractivity contribution is -0.149. The van der Waals surface area contributed by atoms with Crippen LogP contribution in [0, 0.1) is 30.9 Å². The van der Waals surface area contributed by atoms with Crippen LogP contribution in [0.5, 0.6) is 0 Å². The molecule has 0 aliphatic carbocycles. The number of aromatic nitrogens is 2. The molecule has 3 aromatic carbocycles. The Morgan fingerprint density at radius 2 is 1.52 bits per heavy atom. The first-order chi connectivity index (χ1) is 25.0. The summed E-state index contributed by atoms with van der Waals surface area (Å²) >= 11 is 0. The maximum atomic E-state index is 15.3. The molecule has 2 amide bonds. The minimum Gasteiger partial charge on any atom is -0.461 e. The third kappa shape index (κ3) is 8.93. The Hall–Kier alpha value is -5.64. The van der Waals surface area contributed by atoms with Gasteiger partial charge in [-0.3, -0.25) is 19.1 Å². The van der Waals surface area contributed by atoms with E-state index in [0.717, 1.165) is 4.57 Å². The standard InChI is InChI=1S/C38H43F2N5O8S/c1-21(2)53-35(48)32(18-24-10-12-26(13-11-24)45-34(47)22(3)23(4)43(8)37(45)50)41-33(46)28-19-30(40)31(20-29(28)39)42-54(51,52)27-16-14-25(15-17-27)44(9)36(49)38(5,6)7/h10-17,19-21,32,42H,18H2,1-9H3,(H,41,46)/t32-/m0/s1. The summed E-state index contributed by atoms with van der Waals surface area (Å²) in [6.07, 6.45) is -0.755. The summed E-state index contributed by atoms with van der Waals surface area (Å²) in [4.78, 5) is 65.7. The van der Waals surface area contributed by atoms with Crippen molar-refractivity contribution >= 4 is 39.2 Å². The lowest BCUT2D eigenvalue weighted by Gasteiger charge is -2.26. The molecule has 288 valence electrons. The molecule has 0 bridgehead atoms. The van der Waals surface area contributed by atoms with Crippen LogP contribution in [-0.2, 0) is 37.8 Å². The van der Waals surface area contributed by atoms with Gasteiger partial charge in [-0.1, -0.05) is 32.9 Å². The normalized spacial score (nSPS) is 12.3. The van der Waals surface area contributed by atoms with Gasteiger partial charge in [-0.15, -0.1) is 0 Å². The van der Waals surface area contributed by atoms with E-state index in [1.54, 1.807) is 62.6 Å². The number of hydrogen-bond acceptors (Lipinski definition) is 8. The van der Waals surface area contributed by atoms with E-state index in [4.69, 9.17) is 4.74 Å². The summed E-state index contributed by atoms with van der Waals surface area (Å²) in [6.45, 7) is 11.7. The van der Waals surface area contributed by atoms with Crippen molar-refractivity contribution in [1.82, 2.24) is 14.5 Å². The molecule has 0 fully saturated rings. The molecule has 0 aliphatic rings. The van der Waals surface area contributed by atoms with Crippen molar-refractivity contribution in [2.75, 3.05) is 16.7 Å². The molecular weight excluding hydrogens is 725 g/mol. The van der Waals surface area contributed by atoms with Crippen molar-refractivity contribution in [3.63, 3.8) is 0 Å². The second-order valence-corrected chi connectivity index (χ2v) is 15.8. The van der Waals surface area contributed by atoms with Crippen molar-refractivity contribution in [3.8, 4) is 5.69 Å². The fourth-order valence-corrected chi connectivity index (χ4v) is 6.47. The number of halogens is 2. The number of anilines is 2. The lowest BCUT2D eigenvalue weighted by Crippen LogP contribution is -2.44. The van der Waals surface area contributed by atoms with Gasteiger partial charge in [0.25, 0.3) is 21.5 Å². The monoisotopic (exact) mass is 767 g/mol. The zero-order valence-electron chi connectivity index (χ0n) is 31.4. The minimum atomic E-state index is -4.44. The van der Waals surface area contributed by atoms with E-state index in [9.17, 15) is 32.4 Å². The first-order valence-corrected chi connectivity index (χ1v) is 18.3. The van der Waals surface area contributed by atoms with Crippen LogP contribution in [0.4, 0.5) is 20.2 Å². The van der Waals surface area contributed by atoms with E-state index in [2.05, 4.69) is 5.32 Å². The van der Waals surface area contributed by atoms with Gasteiger partial charge in [-0.25, -0.2) is 31.4 Å². The fourth-order valence-electron chi connectivity index (χ4n) is 5.41. The van der Waals surface area contributed by atoms with E-state index < -0.39 is 73.6 Å². The van der Waals surface area contributed by atoms with Gasteiger partial charge in [0, 0.05) is 48.9 Å². The maximum absolute atomic E-state index is 15.3. The van der Waals surface area contributed by atoms with Gasteiger partial charge < -0.3 is 19.5 Å². The van der Waals surface area contributed by atoms with Gasteiger partial charge >= 0.3 is 11.7 Å². The highest BCUT2D eigenvalue weighted by atomic mass is 32.2. The number of amides is 2. The van der Waals surface area contributed by atoms with Crippen LogP contribution in [0.25, 0.3) is 5.69 Å². The van der Waals surface area contributed by atoms with Crippen LogP contribution in [-0.4, -0.2) is 54.5 Å².